The topological polar surface area (TPSA) is 94.9 Å². The monoisotopic (exact) mass is 295 g/mol. The van der Waals surface area contributed by atoms with Gasteiger partial charge in [0.05, 0.1) is 11.8 Å². The van der Waals surface area contributed by atoms with Crippen molar-refractivity contribution in [1.82, 2.24) is 4.90 Å². The van der Waals surface area contributed by atoms with Crippen LogP contribution in [0.5, 0.6) is 0 Å². The number of piperidine rings is 1. The summed E-state index contributed by atoms with van der Waals surface area (Å²) in [5, 5.41) is 18.1. The van der Waals surface area contributed by atoms with Crippen LogP contribution in [0.4, 0.5) is 4.39 Å². The Hall–Kier alpha value is -2.44. The van der Waals surface area contributed by atoms with Gasteiger partial charge >= 0.3 is 11.9 Å². The molecule has 0 spiro atoms. The number of carbonyl (C=O) groups excluding carboxylic acids is 1. The van der Waals surface area contributed by atoms with Crippen LogP contribution in [0, 0.1) is 17.7 Å². The number of likely N-dealkylation sites (tertiary alicyclic amines) is 1. The number of hydrogen-bond donors (Lipinski definition) is 2. The molecule has 112 valence electrons. The SMILES string of the molecule is O=C(O)C1CCN(C(=O)c2cccc(F)c2)CC1C(=O)O. The molecular formula is C14H14FNO5. The summed E-state index contributed by atoms with van der Waals surface area (Å²) >= 11 is 0. The van der Waals surface area contributed by atoms with Crippen LogP contribution in [0.3, 0.4) is 0 Å². The second kappa shape index (κ2) is 5.90. The van der Waals surface area contributed by atoms with E-state index in [-0.39, 0.29) is 25.1 Å². The number of carboxylic acid groups (broad SMARTS) is 2. The fraction of sp³-hybridized carbons (Fsp3) is 0.357. The summed E-state index contributed by atoms with van der Waals surface area (Å²) in [5.74, 6) is -5.66. The first kappa shape index (κ1) is 15.0. The van der Waals surface area contributed by atoms with E-state index in [0.29, 0.717) is 0 Å². The molecule has 0 aromatic heterocycles. The molecule has 6 nitrogen and oxygen atoms in total. The molecule has 1 aromatic rings. The molecule has 2 N–H and O–H groups in total. The Kier molecular flexibility index (Phi) is 4.21. The van der Waals surface area contributed by atoms with Crippen molar-refractivity contribution in [1.29, 1.82) is 0 Å². The Balaban J connectivity index is 2.17. The maximum absolute atomic E-state index is 13.1. The summed E-state index contributed by atoms with van der Waals surface area (Å²) in [6.45, 7) is -0.0578. The Labute approximate surface area is 119 Å². The third-order valence-electron chi connectivity index (χ3n) is 3.61. The number of carbonyl (C=O) groups is 3. The zero-order valence-electron chi connectivity index (χ0n) is 11.0. The molecule has 0 radical (unpaired) electrons. The van der Waals surface area contributed by atoms with Gasteiger partial charge in [0, 0.05) is 18.7 Å². The van der Waals surface area contributed by atoms with E-state index in [1.54, 1.807) is 0 Å². The van der Waals surface area contributed by atoms with Crippen LogP contribution < -0.4 is 0 Å². The number of aliphatic carboxylic acids is 2. The molecule has 1 amide bonds. The minimum Gasteiger partial charge on any atom is -0.481 e. The Morgan fingerprint density at radius 2 is 1.81 bits per heavy atom. The highest BCUT2D eigenvalue weighted by atomic mass is 19.1. The van der Waals surface area contributed by atoms with E-state index in [1.165, 1.54) is 23.1 Å². The van der Waals surface area contributed by atoms with E-state index in [2.05, 4.69) is 0 Å². The second-order valence-corrected chi connectivity index (χ2v) is 4.94. The Morgan fingerprint density at radius 1 is 1.14 bits per heavy atom. The molecule has 1 heterocycles. The average molecular weight is 295 g/mol. The zero-order valence-corrected chi connectivity index (χ0v) is 11.0. The van der Waals surface area contributed by atoms with Gasteiger partial charge in [0.15, 0.2) is 0 Å². The number of nitrogens with zero attached hydrogens (tertiary/aromatic N) is 1. The van der Waals surface area contributed by atoms with Gasteiger partial charge in [-0.2, -0.15) is 0 Å². The first-order valence-corrected chi connectivity index (χ1v) is 6.40. The van der Waals surface area contributed by atoms with Crippen LogP contribution in [-0.4, -0.2) is 46.0 Å². The van der Waals surface area contributed by atoms with Crippen molar-refractivity contribution >= 4 is 17.8 Å². The molecule has 1 fully saturated rings. The molecule has 2 rings (SSSR count). The highest BCUT2D eigenvalue weighted by Crippen LogP contribution is 2.25. The first-order chi connectivity index (χ1) is 9.90. The molecule has 0 aliphatic carbocycles. The molecule has 21 heavy (non-hydrogen) atoms. The maximum Gasteiger partial charge on any atom is 0.309 e. The molecule has 1 aromatic carbocycles. The lowest BCUT2D eigenvalue weighted by molar-refractivity contribution is -0.156. The number of halogens is 1. The van der Waals surface area contributed by atoms with E-state index < -0.39 is 35.5 Å². The van der Waals surface area contributed by atoms with Gasteiger partial charge in [0.25, 0.3) is 5.91 Å². The number of benzene rings is 1. The van der Waals surface area contributed by atoms with E-state index in [1.807, 2.05) is 0 Å². The summed E-state index contributed by atoms with van der Waals surface area (Å²) < 4.78 is 13.1. The quantitative estimate of drug-likeness (QED) is 0.870. The van der Waals surface area contributed by atoms with E-state index in [0.717, 1.165) is 6.07 Å². The minimum absolute atomic E-state index is 0.0629. The molecule has 7 heteroatoms. The molecule has 0 saturated carbocycles. The lowest BCUT2D eigenvalue weighted by Gasteiger charge is -2.34. The van der Waals surface area contributed by atoms with Crippen LogP contribution in [0.15, 0.2) is 24.3 Å². The third kappa shape index (κ3) is 3.18. The van der Waals surface area contributed by atoms with Gasteiger partial charge in [-0.3, -0.25) is 14.4 Å². The molecule has 1 aliphatic rings. The largest absolute Gasteiger partial charge is 0.481 e. The number of hydrogen-bond acceptors (Lipinski definition) is 3. The summed E-state index contributed by atoms with van der Waals surface area (Å²) in [4.78, 5) is 35.7. The lowest BCUT2D eigenvalue weighted by atomic mass is 9.85. The van der Waals surface area contributed by atoms with Crippen LogP contribution in [0.2, 0.25) is 0 Å². The Morgan fingerprint density at radius 3 is 2.38 bits per heavy atom. The zero-order chi connectivity index (χ0) is 15.6. The normalized spacial score (nSPS) is 21.9. The van der Waals surface area contributed by atoms with Gasteiger partial charge in [0.2, 0.25) is 0 Å². The lowest BCUT2D eigenvalue weighted by Crippen LogP contribution is -2.48. The van der Waals surface area contributed by atoms with Crippen LogP contribution in [-0.2, 0) is 9.59 Å². The van der Waals surface area contributed by atoms with E-state index in [9.17, 15) is 18.8 Å². The summed E-state index contributed by atoms with van der Waals surface area (Å²) in [5.41, 5.74) is 0.118. The molecular weight excluding hydrogens is 281 g/mol. The molecule has 1 aliphatic heterocycles. The second-order valence-electron chi connectivity index (χ2n) is 4.94. The predicted molar refractivity (Wildman–Crippen MR) is 69.2 cm³/mol. The van der Waals surface area contributed by atoms with Crippen molar-refractivity contribution in [2.75, 3.05) is 13.1 Å². The standard InChI is InChI=1S/C14H14FNO5/c15-9-3-1-2-8(6-9)12(17)16-5-4-10(13(18)19)11(7-16)14(20)21/h1-3,6,10-11H,4-5,7H2,(H,18,19)(H,20,21). The molecule has 1 saturated heterocycles. The van der Waals surface area contributed by atoms with Crippen LogP contribution >= 0.6 is 0 Å². The van der Waals surface area contributed by atoms with Gasteiger partial charge in [-0.1, -0.05) is 6.07 Å². The summed E-state index contributed by atoms with van der Waals surface area (Å²) in [6, 6.07) is 5.10. The summed E-state index contributed by atoms with van der Waals surface area (Å²) in [7, 11) is 0. The van der Waals surface area contributed by atoms with Crippen molar-refractivity contribution in [3.05, 3.63) is 35.6 Å². The average Bonchev–Trinajstić information content (AvgIpc) is 2.45. The molecule has 2 atom stereocenters. The third-order valence-corrected chi connectivity index (χ3v) is 3.61. The van der Waals surface area contributed by atoms with Gasteiger partial charge < -0.3 is 15.1 Å². The van der Waals surface area contributed by atoms with Gasteiger partial charge in [-0.05, 0) is 24.6 Å². The van der Waals surface area contributed by atoms with Crippen molar-refractivity contribution in [2.24, 2.45) is 11.8 Å². The van der Waals surface area contributed by atoms with E-state index >= 15 is 0 Å². The first-order valence-electron chi connectivity index (χ1n) is 6.40. The van der Waals surface area contributed by atoms with Gasteiger partial charge in [-0.15, -0.1) is 0 Å². The number of carboxylic acids is 2. The fourth-order valence-electron chi connectivity index (χ4n) is 2.49. The maximum atomic E-state index is 13.1. The van der Waals surface area contributed by atoms with E-state index in [4.69, 9.17) is 10.2 Å². The smallest absolute Gasteiger partial charge is 0.309 e. The summed E-state index contributed by atoms with van der Waals surface area (Å²) in [6.07, 6.45) is 0.0629. The highest BCUT2D eigenvalue weighted by molar-refractivity contribution is 5.95. The van der Waals surface area contributed by atoms with Gasteiger partial charge in [0.1, 0.15) is 5.82 Å². The minimum atomic E-state index is -1.25. The van der Waals surface area contributed by atoms with Crippen molar-refractivity contribution in [2.45, 2.75) is 6.42 Å². The van der Waals surface area contributed by atoms with Crippen molar-refractivity contribution < 1.29 is 29.0 Å². The van der Waals surface area contributed by atoms with Crippen LogP contribution in [0.1, 0.15) is 16.8 Å². The fourth-order valence-corrected chi connectivity index (χ4v) is 2.49. The highest BCUT2D eigenvalue weighted by Gasteiger charge is 2.40. The number of amides is 1. The molecule has 0 bridgehead atoms. The van der Waals surface area contributed by atoms with Crippen molar-refractivity contribution in [3.8, 4) is 0 Å². The number of rotatable bonds is 3. The Bertz CT molecular complexity index is 588. The van der Waals surface area contributed by atoms with Gasteiger partial charge in [-0.25, -0.2) is 4.39 Å². The predicted octanol–water partition coefficient (Wildman–Crippen LogP) is 1.07. The van der Waals surface area contributed by atoms with Crippen LogP contribution in [0.25, 0.3) is 0 Å². The molecule has 2 unspecified atom stereocenters. The van der Waals surface area contributed by atoms with Crippen molar-refractivity contribution in [3.63, 3.8) is 0 Å².